The highest BCUT2D eigenvalue weighted by molar-refractivity contribution is 5.73. The Morgan fingerprint density at radius 1 is 1.16 bits per heavy atom. The zero-order valence-electron chi connectivity index (χ0n) is 9.69. The van der Waals surface area contributed by atoms with Crippen LogP contribution in [-0.4, -0.2) is 16.3 Å². The average molecular weight is 266 g/mol. The Kier molecular flexibility index (Phi) is 3.59. The van der Waals surface area contributed by atoms with Gasteiger partial charge in [-0.15, -0.1) is 0 Å². The molecule has 0 spiro atoms. The van der Waals surface area contributed by atoms with Crippen molar-refractivity contribution in [3.63, 3.8) is 0 Å². The molecule has 1 heterocycles. The zero-order chi connectivity index (χ0) is 13.9. The third-order valence-electron chi connectivity index (χ3n) is 2.48. The average Bonchev–Trinajstić information content (AvgIpc) is 2.39. The highest BCUT2D eigenvalue weighted by Crippen LogP contribution is 2.29. The number of halogens is 3. The lowest BCUT2D eigenvalue weighted by Gasteiger charge is -2.08. The molecule has 0 fully saturated rings. The molecule has 0 aliphatic rings. The van der Waals surface area contributed by atoms with E-state index in [9.17, 15) is 18.0 Å². The molecule has 0 bridgehead atoms. The normalized spacial score (nSPS) is 11.3. The largest absolute Gasteiger partial charge is 0.416 e. The maximum atomic E-state index is 12.5. The van der Waals surface area contributed by atoms with Gasteiger partial charge in [0, 0.05) is 18.8 Å². The quantitative estimate of drug-likeness (QED) is 0.802. The van der Waals surface area contributed by atoms with E-state index in [1.165, 1.54) is 18.5 Å². The molecule has 98 valence electrons. The Morgan fingerprint density at radius 2 is 1.84 bits per heavy atom. The van der Waals surface area contributed by atoms with Crippen LogP contribution in [0.4, 0.5) is 13.2 Å². The second kappa shape index (κ2) is 5.17. The first-order valence-corrected chi connectivity index (χ1v) is 5.41. The standard InChI is InChI=1S/C13H9F3N2O/c14-13(15,16)11-3-1-2-9(4-11)5-12-17-6-10(8-19)7-18-12/h1-4,6-8H,5H2. The van der Waals surface area contributed by atoms with E-state index in [4.69, 9.17) is 0 Å². The first kappa shape index (κ1) is 13.2. The van der Waals surface area contributed by atoms with Gasteiger partial charge in [0.2, 0.25) is 0 Å². The second-order valence-corrected chi connectivity index (χ2v) is 3.93. The number of benzene rings is 1. The van der Waals surface area contributed by atoms with E-state index in [1.807, 2.05) is 0 Å². The van der Waals surface area contributed by atoms with Gasteiger partial charge in [-0.3, -0.25) is 4.79 Å². The van der Waals surface area contributed by atoms with Crippen LogP contribution in [0.25, 0.3) is 0 Å². The summed E-state index contributed by atoms with van der Waals surface area (Å²) in [5.41, 5.74) is 0.0935. The Balaban J connectivity index is 2.20. The molecule has 0 aliphatic heterocycles. The van der Waals surface area contributed by atoms with Gasteiger partial charge in [-0.25, -0.2) is 9.97 Å². The van der Waals surface area contributed by atoms with Crippen molar-refractivity contribution < 1.29 is 18.0 Å². The van der Waals surface area contributed by atoms with Crippen molar-refractivity contribution in [3.8, 4) is 0 Å². The summed E-state index contributed by atoms with van der Waals surface area (Å²) < 4.78 is 37.6. The van der Waals surface area contributed by atoms with E-state index < -0.39 is 11.7 Å². The number of rotatable bonds is 3. The molecule has 1 aromatic heterocycles. The summed E-state index contributed by atoms with van der Waals surface area (Å²) in [6.45, 7) is 0. The third-order valence-corrected chi connectivity index (χ3v) is 2.48. The minimum absolute atomic E-state index is 0.184. The Morgan fingerprint density at radius 3 is 2.42 bits per heavy atom. The van der Waals surface area contributed by atoms with Crippen LogP contribution >= 0.6 is 0 Å². The highest BCUT2D eigenvalue weighted by Gasteiger charge is 2.30. The zero-order valence-corrected chi connectivity index (χ0v) is 9.69. The topological polar surface area (TPSA) is 42.9 Å². The van der Waals surface area contributed by atoms with Gasteiger partial charge in [-0.1, -0.05) is 18.2 Å². The fraction of sp³-hybridized carbons (Fsp3) is 0.154. The predicted octanol–water partition coefficient (Wildman–Crippen LogP) is 2.90. The van der Waals surface area contributed by atoms with Crippen LogP contribution in [0.1, 0.15) is 27.3 Å². The van der Waals surface area contributed by atoms with Gasteiger partial charge in [0.25, 0.3) is 0 Å². The number of carbonyl (C=O) groups excluding carboxylic acids is 1. The van der Waals surface area contributed by atoms with Crippen LogP contribution in [0.15, 0.2) is 36.7 Å². The van der Waals surface area contributed by atoms with Crippen molar-refractivity contribution >= 4 is 6.29 Å². The molecule has 0 aliphatic carbocycles. The maximum Gasteiger partial charge on any atom is 0.416 e. The van der Waals surface area contributed by atoms with Crippen LogP contribution in [0.2, 0.25) is 0 Å². The van der Waals surface area contributed by atoms with Crippen molar-refractivity contribution in [2.24, 2.45) is 0 Å². The number of aromatic nitrogens is 2. The molecule has 0 atom stereocenters. The van der Waals surface area contributed by atoms with Crippen molar-refractivity contribution in [1.82, 2.24) is 9.97 Å². The van der Waals surface area contributed by atoms with Gasteiger partial charge < -0.3 is 0 Å². The van der Waals surface area contributed by atoms with Crippen molar-refractivity contribution in [2.75, 3.05) is 0 Å². The summed E-state index contributed by atoms with van der Waals surface area (Å²) in [5.74, 6) is 0.366. The van der Waals surface area contributed by atoms with E-state index in [0.717, 1.165) is 12.1 Å². The lowest BCUT2D eigenvalue weighted by atomic mass is 10.1. The number of aldehydes is 1. The van der Waals surface area contributed by atoms with Gasteiger partial charge in [0.15, 0.2) is 6.29 Å². The smallest absolute Gasteiger partial charge is 0.298 e. The minimum Gasteiger partial charge on any atom is -0.298 e. The van der Waals surface area contributed by atoms with Gasteiger partial charge in [-0.05, 0) is 11.6 Å². The third kappa shape index (κ3) is 3.37. The number of hydrogen-bond acceptors (Lipinski definition) is 3. The second-order valence-electron chi connectivity index (χ2n) is 3.93. The van der Waals surface area contributed by atoms with Crippen LogP contribution in [0.5, 0.6) is 0 Å². The van der Waals surface area contributed by atoms with E-state index >= 15 is 0 Å². The molecule has 6 heteroatoms. The summed E-state index contributed by atoms with van der Waals surface area (Å²) in [5, 5.41) is 0. The Bertz CT molecular complexity index is 579. The number of nitrogens with zero attached hydrogens (tertiary/aromatic N) is 2. The monoisotopic (exact) mass is 266 g/mol. The molecule has 19 heavy (non-hydrogen) atoms. The molecular weight excluding hydrogens is 257 g/mol. The fourth-order valence-electron chi connectivity index (χ4n) is 1.56. The molecule has 1 aromatic carbocycles. The van der Waals surface area contributed by atoms with Gasteiger partial charge >= 0.3 is 6.18 Å². The molecule has 0 saturated heterocycles. The SMILES string of the molecule is O=Cc1cnc(Cc2cccc(C(F)(F)F)c2)nc1. The molecule has 3 nitrogen and oxygen atoms in total. The number of alkyl halides is 3. The molecule has 0 unspecified atom stereocenters. The van der Waals surface area contributed by atoms with Crippen LogP contribution < -0.4 is 0 Å². The molecule has 0 radical (unpaired) electrons. The minimum atomic E-state index is -4.36. The van der Waals surface area contributed by atoms with Gasteiger partial charge in [-0.2, -0.15) is 13.2 Å². The van der Waals surface area contributed by atoms with Crippen LogP contribution in [0, 0.1) is 0 Å². The van der Waals surface area contributed by atoms with Crippen molar-refractivity contribution in [1.29, 1.82) is 0 Å². The summed E-state index contributed by atoms with van der Waals surface area (Å²) in [6, 6.07) is 5.00. The molecule has 0 N–H and O–H groups in total. The summed E-state index contributed by atoms with van der Waals surface area (Å²) in [4.78, 5) is 18.3. The van der Waals surface area contributed by atoms with Crippen molar-refractivity contribution in [3.05, 3.63) is 59.2 Å². The predicted molar refractivity (Wildman–Crippen MR) is 61.7 cm³/mol. The summed E-state index contributed by atoms with van der Waals surface area (Å²) in [6.07, 6.45) is -0.902. The number of carbonyl (C=O) groups is 1. The maximum absolute atomic E-state index is 12.5. The Labute approximate surface area is 107 Å². The molecule has 2 aromatic rings. The van der Waals surface area contributed by atoms with Gasteiger partial charge in [0.05, 0.1) is 11.1 Å². The first-order valence-electron chi connectivity index (χ1n) is 5.41. The van der Waals surface area contributed by atoms with E-state index in [1.54, 1.807) is 6.07 Å². The van der Waals surface area contributed by atoms with Crippen LogP contribution in [-0.2, 0) is 12.6 Å². The lowest BCUT2D eigenvalue weighted by molar-refractivity contribution is -0.137. The van der Waals surface area contributed by atoms with Crippen molar-refractivity contribution in [2.45, 2.75) is 12.6 Å². The molecule has 0 amide bonds. The first-order chi connectivity index (χ1) is 8.99. The van der Waals surface area contributed by atoms with E-state index in [2.05, 4.69) is 9.97 Å². The molecule has 0 saturated carbocycles. The molecular formula is C13H9F3N2O. The molecule has 2 rings (SSSR count). The lowest BCUT2D eigenvalue weighted by Crippen LogP contribution is -2.06. The number of hydrogen-bond donors (Lipinski definition) is 0. The van der Waals surface area contributed by atoms with E-state index in [-0.39, 0.29) is 6.42 Å². The van der Waals surface area contributed by atoms with Gasteiger partial charge in [0.1, 0.15) is 5.82 Å². The fourth-order valence-corrected chi connectivity index (χ4v) is 1.56. The summed E-state index contributed by atoms with van der Waals surface area (Å²) >= 11 is 0. The van der Waals surface area contributed by atoms with Crippen LogP contribution in [0.3, 0.4) is 0 Å². The Hall–Kier alpha value is -2.24. The highest BCUT2D eigenvalue weighted by atomic mass is 19.4. The van der Waals surface area contributed by atoms with E-state index in [0.29, 0.717) is 23.2 Å². The summed E-state index contributed by atoms with van der Waals surface area (Å²) in [7, 11) is 0.